The van der Waals surface area contributed by atoms with Crippen LogP contribution >= 0.6 is 39.7 Å². The first kappa shape index (κ1) is 20.2. The summed E-state index contributed by atoms with van der Waals surface area (Å²) in [5.74, 6) is 0. The standard InChI is InChI=1S/C24H18BrClN4S/c25-16-9-11-18(12-10-16)30-23(22(28-24(30)31)20-7-1-2-13-27-20)21-8-4-14-29(21)19-6-3-5-17(26)15-19/h1-15,22-23H,(H,28,31)/t22-,23+/m1/s1. The van der Waals surface area contributed by atoms with Gasteiger partial charge in [-0.1, -0.05) is 39.7 Å². The number of pyridine rings is 1. The second-order valence-electron chi connectivity index (χ2n) is 7.26. The predicted octanol–water partition coefficient (Wildman–Crippen LogP) is 6.47. The fourth-order valence-electron chi connectivity index (χ4n) is 4.03. The Bertz CT molecular complexity index is 1230. The van der Waals surface area contributed by atoms with Gasteiger partial charge in [-0.3, -0.25) is 4.98 Å². The average molecular weight is 510 g/mol. The summed E-state index contributed by atoms with van der Waals surface area (Å²) in [5.41, 5.74) is 4.05. The van der Waals surface area contributed by atoms with Gasteiger partial charge in [0.05, 0.1) is 11.7 Å². The van der Waals surface area contributed by atoms with E-state index in [9.17, 15) is 0 Å². The van der Waals surface area contributed by atoms with Gasteiger partial charge in [0.25, 0.3) is 0 Å². The molecule has 0 amide bonds. The maximum absolute atomic E-state index is 6.29. The zero-order valence-electron chi connectivity index (χ0n) is 16.3. The predicted molar refractivity (Wildman–Crippen MR) is 133 cm³/mol. The molecule has 0 spiro atoms. The SMILES string of the molecule is S=C1N[C@H](c2ccccn2)[C@H](c2cccn2-c2cccc(Cl)c2)N1c1ccc(Br)cc1. The minimum Gasteiger partial charge on any atom is -0.351 e. The van der Waals surface area contributed by atoms with Crippen molar-refractivity contribution in [3.63, 3.8) is 0 Å². The van der Waals surface area contributed by atoms with Crippen LogP contribution in [-0.4, -0.2) is 14.7 Å². The number of benzene rings is 2. The summed E-state index contributed by atoms with van der Waals surface area (Å²) < 4.78 is 3.18. The highest BCUT2D eigenvalue weighted by atomic mass is 79.9. The van der Waals surface area contributed by atoms with E-state index in [1.54, 1.807) is 0 Å². The summed E-state index contributed by atoms with van der Waals surface area (Å²) in [7, 11) is 0. The van der Waals surface area contributed by atoms with Crippen molar-refractivity contribution in [1.29, 1.82) is 0 Å². The number of halogens is 2. The molecule has 1 saturated heterocycles. The van der Waals surface area contributed by atoms with Gasteiger partial charge < -0.3 is 14.8 Å². The van der Waals surface area contributed by atoms with Crippen LogP contribution in [0.2, 0.25) is 5.02 Å². The van der Waals surface area contributed by atoms with Crippen LogP contribution in [0.15, 0.2) is 95.7 Å². The van der Waals surface area contributed by atoms with E-state index in [0.29, 0.717) is 10.1 Å². The van der Waals surface area contributed by atoms with Gasteiger partial charge >= 0.3 is 0 Å². The molecule has 2 aromatic carbocycles. The highest BCUT2D eigenvalue weighted by Crippen LogP contribution is 2.42. The van der Waals surface area contributed by atoms with Crippen molar-refractivity contribution < 1.29 is 0 Å². The Balaban J connectivity index is 1.67. The molecule has 154 valence electrons. The number of rotatable bonds is 4. The lowest BCUT2D eigenvalue weighted by Crippen LogP contribution is -2.30. The number of nitrogens with one attached hydrogen (secondary N) is 1. The normalized spacial score (nSPS) is 18.3. The van der Waals surface area contributed by atoms with Crippen molar-refractivity contribution in [3.8, 4) is 5.69 Å². The van der Waals surface area contributed by atoms with E-state index in [4.69, 9.17) is 23.8 Å². The summed E-state index contributed by atoms with van der Waals surface area (Å²) in [4.78, 5) is 6.79. The molecular weight excluding hydrogens is 492 g/mol. The molecule has 3 heterocycles. The zero-order valence-corrected chi connectivity index (χ0v) is 19.5. The number of thiocarbonyl (C=S) groups is 1. The van der Waals surface area contributed by atoms with Crippen molar-refractivity contribution in [2.45, 2.75) is 12.1 Å². The first-order chi connectivity index (χ1) is 15.1. The fraction of sp³-hybridized carbons (Fsp3) is 0.0833. The second-order valence-corrected chi connectivity index (χ2v) is 8.99. The number of aromatic nitrogens is 2. The van der Waals surface area contributed by atoms with E-state index in [0.717, 1.165) is 27.2 Å². The molecule has 1 fully saturated rings. The average Bonchev–Trinajstić information content (AvgIpc) is 3.39. The lowest BCUT2D eigenvalue weighted by atomic mass is 10.0. The molecule has 0 radical (unpaired) electrons. The van der Waals surface area contributed by atoms with E-state index in [1.165, 1.54) is 0 Å². The summed E-state index contributed by atoms with van der Waals surface area (Å²) in [5, 5.41) is 4.87. The third-order valence-corrected chi connectivity index (χ3v) is 6.45. The van der Waals surface area contributed by atoms with Crippen LogP contribution < -0.4 is 10.2 Å². The smallest absolute Gasteiger partial charge is 0.174 e. The molecule has 2 atom stereocenters. The topological polar surface area (TPSA) is 33.1 Å². The maximum Gasteiger partial charge on any atom is 0.174 e. The van der Waals surface area contributed by atoms with Crippen LogP contribution in [0.3, 0.4) is 0 Å². The Morgan fingerprint density at radius 3 is 2.52 bits per heavy atom. The molecule has 4 nitrogen and oxygen atoms in total. The van der Waals surface area contributed by atoms with Crippen LogP contribution in [0.4, 0.5) is 5.69 Å². The van der Waals surface area contributed by atoms with Gasteiger partial charge in [-0.05, 0) is 78.9 Å². The van der Waals surface area contributed by atoms with Crippen molar-refractivity contribution >= 4 is 50.5 Å². The van der Waals surface area contributed by atoms with Gasteiger partial charge in [0.1, 0.15) is 6.04 Å². The molecule has 1 N–H and O–H groups in total. The molecule has 7 heteroatoms. The number of anilines is 1. The minimum absolute atomic E-state index is 0.0995. The third kappa shape index (κ3) is 3.87. The van der Waals surface area contributed by atoms with Gasteiger partial charge in [0.2, 0.25) is 0 Å². The van der Waals surface area contributed by atoms with Crippen molar-refractivity contribution in [2.24, 2.45) is 0 Å². The van der Waals surface area contributed by atoms with E-state index in [1.807, 2.05) is 60.8 Å². The summed E-state index contributed by atoms with van der Waals surface area (Å²) in [6, 6.07) is 26.0. The molecular formula is C24H18BrClN4S. The first-order valence-electron chi connectivity index (χ1n) is 9.81. The highest BCUT2D eigenvalue weighted by Gasteiger charge is 2.42. The molecule has 0 saturated carbocycles. The van der Waals surface area contributed by atoms with Gasteiger partial charge in [-0.25, -0.2) is 0 Å². The molecule has 1 aliphatic rings. The Morgan fingerprint density at radius 2 is 1.77 bits per heavy atom. The molecule has 5 rings (SSSR count). The number of hydrogen-bond acceptors (Lipinski definition) is 2. The van der Waals surface area contributed by atoms with E-state index in [-0.39, 0.29) is 12.1 Å². The van der Waals surface area contributed by atoms with E-state index >= 15 is 0 Å². The molecule has 31 heavy (non-hydrogen) atoms. The number of nitrogens with zero attached hydrogens (tertiary/aromatic N) is 3. The van der Waals surface area contributed by atoms with Crippen LogP contribution in [0.1, 0.15) is 23.5 Å². The molecule has 0 unspecified atom stereocenters. The maximum atomic E-state index is 6.29. The Morgan fingerprint density at radius 1 is 0.935 bits per heavy atom. The van der Waals surface area contributed by atoms with Crippen LogP contribution in [-0.2, 0) is 0 Å². The largest absolute Gasteiger partial charge is 0.351 e. The van der Waals surface area contributed by atoms with Crippen LogP contribution in [0.25, 0.3) is 5.69 Å². The minimum atomic E-state index is -0.106. The first-order valence-corrected chi connectivity index (χ1v) is 11.4. The lowest BCUT2D eigenvalue weighted by molar-refractivity contribution is 0.549. The Labute approximate surface area is 199 Å². The van der Waals surface area contributed by atoms with Crippen molar-refractivity contribution in [1.82, 2.24) is 14.9 Å². The lowest BCUT2D eigenvalue weighted by Gasteiger charge is -2.29. The quantitative estimate of drug-likeness (QED) is 0.320. The Hall–Kier alpha value is -2.67. The fourth-order valence-corrected chi connectivity index (χ4v) is 4.83. The molecule has 2 aromatic heterocycles. The summed E-state index contributed by atoms with van der Waals surface area (Å²) in [6.07, 6.45) is 3.87. The zero-order chi connectivity index (χ0) is 21.4. The molecule has 0 aliphatic carbocycles. The Kier molecular flexibility index (Phi) is 5.52. The third-order valence-electron chi connectivity index (χ3n) is 5.37. The summed E-state index contributed by atoms with van der Waals surface area (Å²) in [6.45, 7) is 0. The molecule has 1 aliphatic heterocycles. The van der Waals surface area contributed by atoms with Gasteiger partial charge in [-0.15, -0.1) is 0 Å². The van der Waals surface area contributed by atoms with Gasteiger partial charge in [0.15, 0.2) is 5.11 Å². The second kappa shape index (κ2) is 8.46. The number of hydrogen-bond donors (Lipinski definition) is 1. The van der Waals surface area contributed by atoms with E-state index < -0.39 is 0 Å². The summed E-state index contributed by atoms with van der Waals surface area (Å²) >= 11 is 15.6. The van der Waals surface area contributed by atoms with Crippen molar-refractivity contribution in [3.05, 3.63) is 112 Å². The van der Waals surface area contributed by atoms with Gasteiger partial charge in [-0.2, -0.15) is 0 Å². The molecule has 0 bridgehead atoms. The van der Waals surface area contributed by atoms with Gasteiger partial charge in [0, 0.05) is 39.0 Å². The van der Waals surface area contributed by atoms with Crippen LogP contribution in [0.5, 0.6) is 0 Å². The van der Waals surface area contributed by atoms with Crippen molar-refractivity contribution in [2.75, 3.05) is 4.90 Å². The van der Waals surface area contributed by atoms with Crippen LogP contribution in [0, 0.1) is 0 Å². The monoisotopic (exact) mass is 508 g/mol. The molecule has 4 aromatic rings. The van der Waals surface area contributed by atoms with E-state index in [2.05, 4.69) is 66.2 Å². The highest BCUT2D eigenvalue weighted by molar-refractivity contribution is 9.10.